The van der Waals surface area contributed by atoms with Gasteiger partial charge in [-0.2, -0.15) is 0 Å². The summed E-state index contributed by atoms with van der Waals surface area (Å²) in [5, 5.41) is 0. The lowest BCUT2D eigenvalue weighted by atomic mass is 9.85. The van der Waals surface area contributed by atoms with Crippen LogP contribution in [-0.2, 0) is 15.1 Å². The second-order valence-corrected chi connectivity index (χ2v) is 7.96. The number of likely N-dealkylation sites (tertiary alicyclic amines) is 1. The van der Waals surface area contributed by atoms with Crippen molar-refractivity contribution in [3.05, 3.63) is 48.3 Å². The molecule has 0 bridgehead atoms. The standard InChI is InChI=1S/C23H30N2O4/c1-27-18-7-8-19(21(16-18)28-2)20-6-5-13-25(20)22(26)17-23(9-14-29-15-10-23)24-11-3-4-12-24/h3-4,7-8,11-12,16,20H,5-6,9-10,13-15,17H2,1-2H3/t20-/m0/s1. The Hall–Kier alpha value is -2.47. The summed E-state index contributed by atoms with van der Waals surface area (Å²) in [7, 11) is 3.32. The van der Waals surface area contributed by atoms with E-state index in [0.29, 0.717) is 19.6 Å². The first-order chi connectivity index (χ1) is 14.2. The van der Waals surface area contributed by atoms with Gasteiger partial charge in [0.05, 0.1) is 32.2 Å². The molecule has 4 rings (SSSR count). The Morgan fingerprint density at radius 1 is 1.17 bits per heavy atom. The predicted molar refractivity (Wildman–Crippen MR) is 110 cm³/mol. The molecule has 0 spiro atoms. The lowest BCUT2D eigenvalue weighted by Crippen LogP contribution is -2.44. The van der Waals surface area contributed by atoms with E-state index in [4.69, 9.17) is 14.2 Å². The number of ether oxygens (including phenoxy) is 3. The predicted octanol–water partition coefficient (Wildman–Crippen LogP) is 3.76. The second-order valence-electron chi connectivity index (χ2n) is 7.96. The molecule has 1 aromatic heterocycles. The van der Waals surface area contributed by atoms with Crippen molar-refractivity contribution in [2.24, 2.45) is 0 Å². The molecule has 29 heavy (non-hydrogen) atoms. The summed E-state index contributed by atoms with van der Waals surface area (Å²) in [6, 6.07) is 9.98. The van der Waals surface area contributed by atoms with Gasteiger partial charge in [0.2, 0.25) is 5.91 Å². The number of carbonyl (C=O) groups is 1. The molecule has 2 fully saturated rings. The molecule has 0 unspecified atom stereocenters. The minimum absolute atomic E-state index is 0.0462. The normalized spacial score (nSPS) is 21.2. The molecule has 0 N–H and O–H groups in total. The number of hydrogen-bond donors (Lipinski definition) is 0. The van der Waals surface area contributed by atoms with Crippen molar-refractivity contribution in [3.63, 3.8) is 0 Å². The maximum absolute atomic E-state index is 13.5. The number of rotatable bonds is 6. The first-order valence-electron chi connectivity index (χ1n) is 10.4. The highest BCUT2D eigenvalue weighted by atomic mass is 16.5. The fraction of sp³-hybridized carbons (Fsp3) is 0.522. The third-order valence-corrected chi connectivity index (χ3v) is 6.43. The van der Waals surface area contributed by atoms with Gasteiger partial charge in [0.15, 0.2) is 0 Å². The monoisotopic (exact) mass is 398 g/mol. The van der Waals surface area contributed by atoms with E-state index in [1.165, 1.54) is 0 Å². The number of amides is 1. The van der Waals surface area contributed by atoms with Gasteiger partial charge in [-0.25, -0.2) is 0 Å². The number of nitrogens with zero attached hydrogens (tertiary/aromatic N) is 2. The van der Waals surface area contributed by atoms with Crippen LogP contribution in [0.1, 0.15) is 43.7 Å². The molecule has 2 aliphatic rings. The van der Waals surface area contributed by atoms with E-state index in [1.807, 2.05) is 35.2 Å². The van der Waals surface area contributed by atoms with Crippen LogP contribution < -0.4 is 9.47 Å². The molecule has 2 aromatic rings. The average molecular weight is 399 g/mol. The lowest BCUT2D eigenvalue weighted by molar-refractivity contribution is -0.136. The Morgan fingerprint density at radius 2 is 1.93 bits per heavy atom. The fourth-order valence-corrected chi connectivity index (χ4v) is 4.79. The number of benzene rings is 1. The highest BCUT2D eigenvalue weighted by Gasteiger charge is 2.40. The molecule has 156 valence electrons. The summed E-state index contributed by atoms with van der Waals surface area (Å²) in [6.07, 6.45) is 8.33. The highest BCUT2D eigenvalue weighted by Crippen LogP contribution is 2.41. The summed E-state index contributed by atoms with van der Waals surface area (Å²) < 4.78 is 18.8. The van der Waals surface area contributed by atoms with Gasteiger partial charge in [-0.3, -0.25) is 4.79 Å². The summed E-state index contributed by atoms with van der Waals surface area (Å²) in [5.41, 5.74) is 0.858. The molecule has 6 heteroatoms. The van der Waals surface area contributed by atoms with Gasteiger partial charge in [0.25, 0.3) is 0 Å². The molecule has 3 heterocycles. The van der Waals surface area contributed by atoms with Gasteiger partial charge >= 0.3 is 0 Å². The van der Waals surface area contributed by atoms with Crippen LogP contribution in [0.5, 0.6) is 11.5 Å². The summed E-state index contributed by atoms with van der Waals surface area (Å²) in [4.78, 5) is 15.6. The van der Waals surface area contributed by atoms with Crippen LogP contribution in [0.15, 0.2) is 42.7 Å². The zero-order chi connectivity index (χ0) is 20.3. The topological polar surface area (TPSA) is 52.9 Å². The van der Waals surface area contributed by atoms with E-state index >= 15 is 0 Å². The van der Waals surface area contributed by atoms with Crippen LogP contribution in [0.3, 0.4) is 0 Å². The second kappa shape index (κ2) is 8.49. The number of aromatic nitrogens is 1. The fourth-order valence-electron chi connectivity index (χ4n) is 4.79. The van der Waals surface area contributed by atoms with Crippen molar-refractivity contribution in [2.45, 2.75) is 43.7 Å². The smallest absolute Gasteiger partial charge is 0.225 e. The minimum Gasteiger partial charge on any atom is -0.497 e. The maximum Gasteiger partial charge on any atom is 0.225 e. The molecular weight excluding hydrogens is 368 g/mol. The third-order valence-electron chi connectivity index (χ3n) is 6.43. The van der Waals surface area contributed by atoms with E-state index in [-0.39, 0.29) is 17.5 Å². The zero-order valence-corrected chi connectivity index (χ0v) is 17.3. The molecular formula is C23H30N2O4. The molecule has 2 saturated heterocycles. The molecule has 6 nitrogen and oxygen atoms in total. The summed E-state index contributed by atoms with van der Waals surface area (Å²) >= 11 is 0. The SMILES string of the molecule is COc1ccc([C@@H]2CCCN2C(=O)CC2(n3cccc3)CCOCC2)c(OC)c1. The Balaban J connectivity index is 1.58. The van der Waals surface area contributed by atoms with Crippen LogP contribution in [0.4, 0.5) is 0 Å². The van der Waals surface area contributed by atoms with Gasteiger partial charge in [0, 0.05) is 43.8 Å². The first kappa shape index (κ1) is 19.8. The maximum atomic E-state index is 13.5. The van der Waals surface area contributed by atoms with Crippen molar-refractivity contribution < 1.29 is 19.0 Å². The average Bonchev–Trinajstić information content (AvgIpc) is 3.46. The van der Waals surface area contributed by atoms with E-state index in [9.17, 15) is 4.79 Å². The largest absolute Gasteiger partial charge is 0.497 e. The van der Waals surface area contributed by atoms with Crippen LogP contribution in [0, 0.1) is 0 Å². The van der Waals surface area contributed by atoms with E-state index < -0.39 is 0 Å². The van der Waals surface area contributed by atoms with E-state index in [1.54, 1.807) is 14.2 Å². The number of carbonyl (C=O) groups excluding carboxylic acids is 1. The van der Waals surface area contributed by atoms with Gasteiger partial charge < -0.3 is 23.7 Å². The van der Waals surface area contributed by atoms with Gasteiger partial charge in [0.1, 0.15) is 11.5 Å². The van der Waals surface area contributed by atoms with Crippen LogP contribution in [-0.4, -0.2) is 49.4 Å². The quantitative estimate of drug-likeness (QED) is 0.743. The molecule has 0 radical (unpaired) electrons. The van der Waals surface area contributed by atoms with Crippen LogP contribution >= 0.6 is 0 Å². The van der Waals surface area contributed by atoms with Crippen molar-refractivity contribution in [1.29, 1.82) is 0 Å². The van der Waals surface area contributed by atoms with Crippen LogP contribution in [0.25, 0.3) is 0 Å². The zero-order valence-electron chi connectivity index (χ0n) is 17.3. The first-order valence-corrected chi connectivity index (χ1v) is 10.4. The molecule has 2 aliphatic heterocycles. The van der Waals surface area contributed by atoms with Crippen molar-refractivity contribution in [2.75, 3.05) is 34.0 Å². The van der Waals surface area contributed by atoms with E-state index in [2.05, 4.69) is 17.0 Å². The molecule has 0 saturated carbocycles. The summed E-state index contributed by atoms with van der Waals surface area (Å²) in [6.45, 7) is 2.18. The van der Waals surface area contributed by atoms with Crippen molar-refractivity contribution in [3.8, 4) is 11.5 Å². The van der Waals surface area contributed by atoms with E-state index in [0.717, 1.165) is 49.3 Å². The molecule has 1 atom stereocenters. The Morgan fingerprint density at radius 3 is 2.62 bits per heavy atom. The molecule has 0 aliphatic carbocycles. The van der Waals surface area contributed by atoms with Crippen molar-refractivity contribution >= 4 is 5.91 Å². The van der Waals surface area contributed by atoms with Crippen LogP contribution in [0.2, 0.25) is 0 Å². The minimum atomic E-state index is -0.198. The molecule has 1 aromatic carbocycles. The Bertz CT molecular complexity index is 827. The number of hydrogen-bond acceptors (Lipinski definition) is 4. The Kier molecular flexibility index (Phi) is 5.81. The highest BCUT2D eigenvalue weighted by molar-refractivity contribution is 5.78. The van der Waals surface area contributed by atoms with Crippen molar-refractivity contribution in [1.82, 2.24) is 9.47 Å². The van der Waals surface area contributed by atoms with Gasteiger partial charge in [-0.1, -0.05) is 0 Å². The Labute approximate surface area is 172 Å². The lowest BCUT2D eigenvalue weighted by Gasteiger charge is -2.40. The summed E-state index contributed by atoms with van der Waals surface area (Å²) in [5.74, 6) is 1.75. The third kappa shape index (κ3) is 3.86. The van der Waals surface area contributed by atoms with Gasteiger partial charge in [-0.15, -0.1) is 0 Å². The molecule has 1 amide bonds. The van der Waals surface area contributed by atoms with Gasteiger partial charge in [-0.05, 0) is 49.9 Å². The number of methoxy groups -OCH3 is 2.